The Morgan fingerprint density at radius 3 is 2.79 bits per heavy atom. The van der Waals surface area contributed by atoms with Gasteiger partial charge in [0.1, 0.15) is 11.9 Å². The van der Waals surface area contributed by atoms with Gasteiger partial charge in [0.2, 0.25) is 0 Å². The molecule has 0 fully saturated rings. The van der Waals surface area contributed by atoms with E-state index in [4.69, 9.17) is 4.74 Å². The fourth-order valence-electron chi connectivity index (χ4n) is 1.78. The van der Waals surface area contributed by atoms with Crippen LogP contribution in [0.2, 0.25) is 0 Å². The molecule has 0 saturated carbocycles. The third-order valence-corrected chi connectivity index (χ3v) is 2.91. The molecule has 0 aliphatic carbocycles. The Hall–Kier alpha value is -1.58. The predicted molar refractivity (Wildman–Crippen MR) is 75.8 cm³/mol. The van der Waals surface area contributed by atoms with Gasteiger partial charge in [-0.3, -0.25) is 0 Å². The lowest BCUT2D eigenvalue weighted by Crippen LogP contribution is -2.12. The molecule has 1 atom stereocenters. The van der Waals surface area contributed by atoms with Crippen molar-refractivity contribution in [3.63, 3.8) is 0 Å². The van der Waals surface area contributed by atoms with Crippen LogP contribution in [0.1, 0.15) is 64.1 Å². The zero-order valence-electron chi connectivity index (χ0n) is 12.2. The highest BCUT2D eigenvalue weighted by Crippen LogP contribution is 2.22. The van der Waals surface area contributed by atoms with Gasteiger partial charge in [-0.1, -0.05) is 33.3 Å². The molecule has 0 amide bonds. The maximum Gasteiger partial charge on any atom is 0.333 e. The first-order chi connectivity index (χ1) is 9.08. The van der Waals surface area contributed by atoms with Gasteiger partial charge in [-0.15, -0.1) is 0 Å². The van der Waals surface area contributed by atoms with E-state index >= 15 is 0 Å². The second-order valence-electron chi connectivity index (χ2n) is 4.85. The minimum absolute atomic E-state index is 0.253. The maximum atomic E-state index is 11.6. The smallest absolute Gasteiger partial charge is 0.333 e. The standard InChI is InChI=1S/C15H24N2O2/c1-5-7-9-14-16-10-12(17-14)13(8-6-2)19-15(18)11(3)4/h10,13H,3,5-9H2,1-2,4H3,(H,16,17). The van der Waals surface area contributed by atoms with Crippen molar-refractivity contribution in [3.05, 3.63) is 29.9 Å². The SMILES string of the molecule is C=C(C)C(=O)OC(CCC)c1cnc(CCCC)[nH]1. The normalized spacial score (nSPS) is 12.2. The van der Waals surface area contributed by atoms with E-state index in [1.807, 2.05) is 0 Å². The minimum atomic E-state index is -0.344. The summed E-state index contributed by atoms with van der Waals surface area (Å²) in [6.07, 6.45) is 6.43. The van der Waals surface area contributed by atoms with Crippen LogP contribution < -0.4 is 0 Å². The number of nitrogens with one attached hydrogen (secondary N) is 1. The zero-order valence-corrected chi connectivity index (χ0v) is 12.2. The fraction of sp³-hybridized carbons (Fsp3) is 0.600. The van der Waals surface area contributed by atoms with Crippen LogP contribution in [0, 0.1) is 0 Å². The number of carbonyl (C=O) groups is 1. The Labute approximate surface area is 115 Å². The molecule has 0 aromatic carbocycles. The minimum Gasteiger partial charge on any atom is -0.453 e. The fourth-order valence-corrected chi connectivity index (χ4v) is 1.78. The number of ether oxygens (including phenoxy) is 1. The lowest BCUT2D eigenvalue weighted by atomic mass is 10.1. The van der Waals surface area contributed by atoms with E-state index in [1.54, 1.807) is 13.1 Å². The number of unbranched alkanes of at least 4 members (excludes halogenated alkanes) is 1. The molecule has 1 unspecified atom stereocenters. The van der Waals surface area contributed by atoms with Crippen molar-refractivity contribution >= 4 is 5.97 Å². The molecule has 4 nitrogen and oxygen atoms in total. The highest BCUT2D eigenvalue weighted by Gasteiger charge is 2.18. The second kappa shape index (κ2) is 7.77. The average molecular weight is 264 g/mol. The van der Waals surface area contributed by atoms with Gasteiger partial charge in [0.05, 0.1) is 11.9 Å². The molecule has 1 heterocycles. The Bertz CT molecular complexity index is 424. The van der Waals surface area contributed by atoms with Gasteiger partial charge >= 0.3 is 5.97 Å². The third-order valence-electron chi connectivity index (χ3n) is 2.91. The van der Waals surface area contributed by atoms with Crippen LogP contribution in [0.15, 0.2) is 18.3 Å². The first-order valence-electron chi connectivity index (χ1n) is 6.98. The maximum absolute atomic E-state index is 11.6. The van der Waals surface area contributed by atoms with Gasteiger partial charge in [0, 0.05) is 12.0 Å². The van der Waals surface area contributed by atoms with Crippen molar-refractivity contribution in [2.24, 2.45) is 0 Å². The van der Waals surface area contributed by atoms with E-state index in [9.17, 15) is 4.79 Å². The molecule has 0 radical (unpaired) electrons. The number of carbonyl (C=O) groups excluding carboxylic acids is 1. The summed E-state index contributed by atoms with van der Waals surface area (Å²) in [6, 6.07) is 0. The monoisotopic (exact) mass is 264 g/mol. The summed E-state index contributed by atoms with van der Waals surface area (Å²) in [7, 11) is 0. The summed E-state index contributed by atoms with van der Waals surface area (Å²) in [6.45, 7) is 9.48. The molecule has 4 heteroatoms. The lowest BCUT2D eigenvalue weighted by Gasteiger charge is -2.15. The van der Waals surface area contributed by atoms with Crippen LogP contribution >= 0.6 is 0 Å². The molecule has 0 aliphatic rings. The van der Waals surface area contributed by atoms with Gasteiger partial charge in [0.15, 0.2) is 0 Å². The number of imidazole rings is 1. The largest absolute Gasteiger partial charge is 0.453 e. The van der Waals surface area contributed by atoms with Crippen LogP contribution in [-0.4, -0.2) is 15.9 Å². The molecule has 1 aromatic heterocycles. The van der Waals surface area contributed by atoms with Gasteiger partial charge in [-0.05, 0) is 19.8 Å². The molecule has 1 aromatic rings. The van der Waals surface area contributed by atoms with Gasteiger partial charge < -0.3 is 9.72 Å². The van der Waals surface area contributed by atoms with E-state index in [2.05, 4.69) is 30.4 Å². The summed E-state index contributed by atoms with van der Waals surface area (Å²) in [4.78, 5) is 19.2. The number of hydrogen-bond acceptors (Lipinski definition) is 3. The van der Waals surface area contributed by atoms with Crippen LogP contribution in [0.4, 0.5) is 0 Å². The van der Waals surface area contributed by atoms with E-state index in [0.717, 1.165) is 43.6 Å². The Morgan fingerprint density at radius 2 is 2.21 bits per heavy atom. The Balaban J connectivity index is 2.72. The van der Waals surface area contributed by atoms with E-state index < -0.39 is 0 Å². The third kappa shape index (κ3) is 4.89. The number of nitrogens with zero attached hydrogens (tertiary/aromatic N) is 1. The summed E-state index contributed by atoms with van der Waals surface area (Å²) < 4.78 is 5.45. The molecule has 106 valence electrons. The van der Waals surface area contributed by atoms with Crippen LogP contribution in [0.3, 0.4) is 0 Å². The van der Waals surface area contributed by atoms with E-state index in [0.29, 0.717) is 5.57 Å². The van der Waals surface area contributed by atoms with Gasteiger partial charge in [-0.2, -0.15) is 0 Å². The molecular weight excluding hydrogens is 240 g/mol. The van der Waals surface area contributed by atoms with Gasteiger partial charge in [0.25, 0.3) is 0 Å². The topological polar surface area (TPSA) is 55.0 Å². The van der Waals surface area contributed by atoms with Crippen molar-refractivity contribution in [2.75, 3.05) is 0 Å². The molecule has 1 rings (SSSR count). The summed E-state index contributed by atoms with van der Waals surface area (Å²) in [5, 5.41) is 0. The predicted octanol–water partition coefficient (Wildman–Crippen LogP) is 3.71. The van der Waals surface area contributed by atoms with Crippen molar-refractivity contribution in [1.82, 2.24) is 9.97 Å². The number of esters is 1. The summed E-state index contributed by atoms with van der Waals surface area (Å²) in [5.41, 5.74) is 1.30. The molecule has 0 spiro atoms. The second-order valence-corrected chi connectivity index (χ2v) is 4.85. The number of hydrogen-bond donors (Lipinski definition) is 1. The Morgan fingerprint density at radius 1 is 1.47 bits per heavy atom. The highest BCUT2D eigenvalue weighted by atomic mass is 16.5. The molecule has 19 heavy (non-hydrogen) atoms. The van der Waals surface area contributed by atoms with Crippen LogP contribution in [-0.2, 0) is 16.0 Å². The molecule has 0 bridgehead atoms. The van der Waals surface area contributed by atoms with Crippen LogP contribution in [0.5, 0.6) is 0 Å². The van der Waals surface area contributed by atoms with Crippen molar-refractivity contribution < 1.29 is 9.53 Å². The number of aromatic amines is 1. The average Bonchev–Trinajstić information content (AvgIpc) is 2.84. The van der Waals surface area contributed by atoms with Crippen LogP contribution in [0.25, 0.3) is 0 Å². The Kier molecular flexibility index (Phi) is 6.33. The molecule has 1 N–H and O–H groups in total. The first-order valence-corrected chi connectivity index (χ1v) is 6.98. The van der Waals surface area contributed by atoms with E-state index in [-0.39, 0.29) is 12.1 Å². The van der Waals surface area contributed by atoms with E-state index in [1.165, 1.54) is 0 Å². The van der Waals surface area contributed by atoms with Crippen molar-refractivity contribution in [1.29, 1.82) is 0 Å². The van der Waals surface area contributed by atoms with Crippen molar-refractivity contribution in [2.45, 2.75) is 59.0 Å². The van der Waals surface area contributed by atoms with Gasteiger partial charge in [-0.25, -0.2) is 9.78 Å². The quantitative estimate of drug-likeness (QED) is 0.575. The number of rotatable bonds is 8. The highest BCUT2D eigenvalue weighted by molar-refractivity contribution is 5.87. The lowest BCUT2D eigenvalue weighted by molar-refractivity contribution is -0.145. The molecule has 0 saturated heterocycles. The molecular formula is C15H24N2O2. The number of H-pyrrole nitrogens is 1. The zero-order chi connectivity index (χ0) is 14.3. The van der Waals surface area contributed by atoms with Crippen molar-refractivity contribution in [3.8, 4) is 0 Å². The summed E-state index contributed by atoms with van der Waals surface area (Å²) in [5.74, 6) is 0.618. The summed E-state index contributed by atoms with van der Waals surface area (Å²) >= 11 is 0. The number of aromatic nitrogens is 2. The first kappa shape index (κ1) is 15.5. The number of aryl methyl sites for hydroxylation is 1. The molecule has 0 aliphatic heterocycles.